The smallest absolute Gasteiger partial charge is 0.142 e. The lowest BCUT2D eigenvalue weighted by molar-refractivity contribution is -0.116. The normalized spacial score (nSPS) is 10.2. The Kier molecular flexibility index (Phi) is 4.68. The number of ketones is 1. The van der Waals surface area contributed by atoms with Gasteiger partial charge in [-0.1, -0.05) is 6.92 Å². The zero-order valence-corrected chi connectivity index (χ0v) is 8.60. The standard InChI is InChI=1S/C10H14O2S/c1-2-3-10(11)8-13-7-9-4-5-12-6-9/h4-6H,2-3,7-8H2,1H3. The molecule has 1 aromatic rings. The Morgan fingerprint density at radius 2 is 2.46 bits per heavy atom. The summed E-state index contributed by atoms with van der Waals surface area (Å²) in [5, 5.41) is 0. The SMILES string of the molecule is CCCC(=O)CSCc1ccoc1. The maximum Gasteiger partial charge on any atom is 0.142 e. The monoisotopic (exact) mass is 198 g/mol. The fourth-order valence-corrected chi connectivity index (χ4v) is 1.88. The van der Waals surface area contributed by atoms with Crippen molar-refractivity contribution in [3.8, 4) is 0 Å². The van der Waals surface area contributed by atoms with Crippen LogP contribution in [0.5, 0.6) is 0 Å². The van der Waals surface area contributed by atoms with E-state index in [1.165, 1.54) is 0 Å². The number of rotatable bonds is 6. The summed E-state index contributed by atoms with van der Waals surface area (Å²) in [6, 6.07) is 1.93. The molecule has 0 saturated carbocycles. The molecule has 0 radical (unpaired) electrons. The molecular formula is C10H14O2S. The second-order valence-electron chi connectivity index (χ2n) is 2.91. The van der Waals surface area contributed by atoms with Gasteiger partial charge in [-0.25, -0.2) is 0 Å². The van der Waals surface area contributed by atoms with Crippen molar-refractivity contribution >= 4 is 17.5 Å². The number of hydrogen-bond donors (Lipinski definition) is 0. The van der Waals surface area contributed by atoms with Crippen molar-refractivity contribution in [2.45, 2.75) is 25.5 Å². The van der Waals surface area contributed by atoms with Crippen LogP contribution in [0.4, 0.5) is 0 Å². The van der Waals surface area contributed by atoms with Gasteiger partial charge in [0.15, 0.2) is 0 Å². The molecule has 72 valence electrons. The first kappa shape index (κ1) is 10.4. The van der Waals surface area contributed by atoms with Crippen LogP contribution in [0.3, 0.4) is 0 Å². The largest absolute Gasteiger partial charge is 0.472 e. The minimum absolute atomic E-state index is 0.344. The van der Waals surface area contributed by atoms with E-state index in [-0.39, 0.29) is 0 Å². The van der Waals surface area contributed by atoms with Crippen molar-refractivity contribution in [2.75, 3.05) is 5.75 Å². The highest BCUT2D eigenvalue weighted by atomic mass is 32.2. The molecule has 0 aliphatic carbocycles. The summed E-state index contributed by atoms with van der Waals surface area (Å²) in [4.78, 5) is 11.1. The summed E-state index contributed by atoms with van der Waals surface area (Å²) >= 11 is 1.65. The Morgan fingerprint density at radius 1 is 1.62 bits per heavy atom. The van der Waals surface area contributed by atoms with Crippen LogP contribution in [0.2, 0.25) is 0 Å². The Balaban J connectivity index is 2.11. The summed E-state index contributed by atoms with van der Waals surface area (Å²) in [6.07, 6.45) is 5.03. The van der Waals surface area contributed by atoms with Gasteiger partial charge < -0.3 is 4.42 Å². The zero-order valence-electron chi connectivity index (χ0n) is 7.79. The number of furan rings is 1. The van der Waals surface area contributed by atoms with Crippen molar-refractivity contribution in [2.24, 2.45) is 0 Å². The van der Waals surface area contributed by atoms with Gasteiger partial charge in [-0.2, -0.15) is 0 Å². The summed E-state index contributed by atoms with van der Waals surface area (Å²) < 4.78 is 4.92. The maximum absolute atomic E-state index is 11.1. The summed E-state index contributed by atoms with van der Waals surface area (Å²) in [7, 11) is 0. The average Bonchev–Trinajstić information content (AvgIpc) is 2.57. The van der Waals surface area contributed by atoms with Crippen molar-refractivity contribution < 1.29 is 9.21 Å². The van der Waals surface area contributed by atoms with Gasteiger partial charge in [-0.15, -0.1) is 11.8 Å². The fraction of sp³-hybridized carbons (Fsp3) is 0.500. The van der Waals surface area contributed by atoms with E-state index in [1.54, 1.807) is 24.3 Å². The molecule has 3 heteroatoms. The Labute approximate surface area is 82.7 Å². The highest BCUT2D eigenvalue weighted by Crippen LogP contribution is 2.12. The molecule has 1 rings (SSSR count). The zero-order chi connectivity index (χ0) is 9.52. The maximum atomic E-state index is 11.1. The van der Waals surface area contributed by atoms with Gasteiger partial charge >= 0.3 is 0 Å². The third kappa shape index (κ3) is 4.18. The Morgan fingerprint density at radius 3 is 3.08 bits per heavy atom. The van der Waals surface area contributed by atoms with Gasteiger partial charge in [0, 0.05) is 17.7 Å². The van der Waals surface area contributed by atoms with Crippen molar-refractivity contribution in [3.05, 3.63) is 24.2 Å². The molecule has 0 N–H and O–H groups in total. The van der Waals surface area contributed by atoms with Crippen LogP contribution in [0.25, 0.3) is 0 Å². The molecule has 2 nitrogen and oxygen atoms in total. The predicted octanol–water partition coefficient (Wildman–Crippen LogP) is 2.88. The number of Topliss-reactive ketones (excluding diaryl/α,β-unsaturated/α-hetero) is 1. The second kappa shape index (κ2) is 5.86. The van der Waals surface area contributed by atoms with Gasteiger partial charge in [0.1, 0.15) is 5.78 Å². The number of thioether (sulfide) groups is 1. The van der Waals surface area contributed by atoms with Gasteiger partial charge in [0.2, 0.25) is 0 Å². The molecule has 0 saturated heterocycles. The molecule has 0 bridgehead atoms. The Hall–Kier alpha value is -0.700. The topological polar surface area (TPSA) is 30.2 Å². The lowest BCUT2D eigenvalue weighted by Crippen LogP contribution is -2.00. The fourth-order valence-electron chi connectivity index (χ4n) is 1.01. The lowest BCUT2D eigenvalue weighted by atomic mass is 10.3. The number of carbonyl (C=O) groups is 1. The van der Waals surface area contributed by atoms with Crippen LogP contribution in [0.15, 0.2) is 23.0 Å². The predicted molar refractivity (Wildman–Crippen MR) is 54.8 cm³/mol. The van der Waals surface area contributed by atoms with E-state index in [1.807, 2.05) is 13.0 Å². The van der Waals surface area contributed by atoms with E-state index in [0.717, 1.165) is 17.7 Å². The Bertz CT molecular complexity index is 241. The molecule has 1 heterocycles. The van der Waals surface area contributed by atoms with Gasteiger partial charge in [-0.3, -0.25) is 4.79 Å². The minimum atomic E-state index is 0.344. The van der Waals surface area contributed by atoms with E-state index in [2.05, 4.69) is 0 Å². The van der Waals surface area contributed by atoms with Gasteiger partial charge in [0.25, 0.3) is 0 Å². The molecular weight excluding hydrogens is 184 g/mol. The van der Waals surface area contributed by atoms with Crippen molar-refractivity contribution in [1.82, 2.24) is 0 Å². The first-order valence-corrected chi connectivity index (χ1v) is 5.59. The quantitative estimate of drug-likeness (QED) is 0.704. The molecule has 0 fully saturated rings. The van der Waals surface area contributed by atoms with E-state index in [0.29, 0.717) is 18.0 Å². The van der Waals surface area contributed by atoms with Gasteiger partial charge in [0.05, 0.1) is 18.3 Å². The minimum Gasteiger partial charge on any atom is -0.472 e. The molecule has 0 unspecified atom stereocenters. The number of carbonyl (C=O) groups excluding carboxylic acids is 1. The van der Waals surface area contributed by atoms with E-state index in [4.69, 9.17) is 4.42 Å². The highest BCUT2D eigenvalue weighted by molar-refractivity contribution is 7.99. The summed E-state index contributed by atoms with van der Waals surface area (Å²) in [6.45, 7) is 2.03. The third-order valence-electron chi connectivity index (χ3n) is 1.64. The number of hydrogen-bond acceptors (Lipinski definition) is 3. The molecule has 0 amide bonds. The van der Waals surface area contributed by atoms with E-state index < -0.39 is 0 Å². The summed E-state index contributed by atoms with van der Waals surface area (Å²) in [5.41, 5.74) is 1.15. The van der Waals surface area contributed by atoms with Crippen LogP contribution in [-0.4, -0.2) is 11.5 Å². The van der Waals surface area contributed by atoms with Crippen LogP contribution < -0.4 is 0 Å². The molecule has 0 aliphatic heterocycles. The van der Waals surface area contributed by atoms with Crippen molar-refractivity contribution in [3.63, 3.8) is 0 Å². The molecule has 0 spiro atoms. The second-order valence-corrected chi connectivity index (χ2v) is 3.90. The van der Waals surface area contributed by atoms with Crippen LogP contribution in [0.1, 0.15) is 25.3 Å². The van der Waals surface area contributed by atoms with E-state index in [9.17, 15) is 4.79 Å². The van der Waals surface area contributed by atoms with Crippen LogP contribution >= 0.6 is 11.8 Å². The third-order valence-corrected chi connectivity index (χ3v) is 2.70. The van der Waals surface area contributed by atoms with Crippen LogP contribution in [0, 0.1) is 0 Å². The van der Waals surface area contributed by atoms with E-state index >= 15 is 0 Å². The molecule has 0 aliphatic rings. The highest BCUT2D eigenvalue weighted by Gasteiger charge is 2.01. The molecule has 0 atom stereocenters. The summed E-state index contributed by atoms with van der Waals surface area (Å²) in [5.74, 6) is 1.83. The van der Waals surface area contributed by atoms with Crippen molar-refractivity contribution in [1.29, 1.82) is 0 Å². The molecule has 1 aromatic heterocycles. The molecule has 0 aromatic carbocycles. The lowest BCUT2D eigenvalue weighted by Gasteiger charge is -1.97. The average molecular weight is 198 g/mol. The first-order chi connectivity index (χ1) is 6.33. The van der Waals surface area contributed by atoms with Crippen LogP contribution in [-0.2, 0) is 10.5 Å². The van der Waals surface area contributed by atoms with Gasteiger partial charge in [-0.05, 0) is 12.5 Å². The first-order valence-electron chi connectivity index (χ1n) is 4.43. The molecule has 13 heavy (non-hydrogen) atoms.